The summed E-state index contributed by atoms with van der Waals surface area (Å²) >= 11 is 3.45. The summed E-state index contributed by atoms with van der Waals surface area (Å²) < 4.78 is 6.92. The maximum Gasteiger partial charge on any atom is 0.170 e. The van der Waals surface area contributed by atoms with Crippen molar-refractivity contribution in [2.24, 2.45) is 0 Å². The Morgan fingerprint density at radius 2 is 1.94 bits per heavy atom. The van der Waals surface area contributed by atoms with Gasteiger partial charge in [-0.2, -0.15) is 0 Å². The third-order valence-electron chi connectivity index (χ3n) is 3.07. The summed E-state index contributed by atoms with van der Waals surface area (Å²) in [6.07, 6.45) is 2.07. The number of halogens is 1. The van der Waals surface area contributed by atoms with Crippen LogP contribution in [0.4, 0.5) is 5.69 Å². The molecule has 0 amide bonds. The Hall–Kier alpha value is -1.48. The van der Waals surface area contributed by atoms with E-state index in [4.69, 9.17) is 4.74 Å². The van der Waals surface area contributed by atoms with Gasteiger partial charge in [-0.05, 0) is 30.2 Å². The first-order valence-electron chi connectivity index (χ1n) is 6.08. The van der Waals surface area contributed by atoms with Crippen LogP contribution in [0.1, 0.15) is 12.0 Å². The average Bonchev–Trinajstić information content (AvgIpc) is 2.79. The number of hydrogen-bond acceptors (Lipinski definition) is 2. The van der Waals surface area contributed by atoms with Crippen LogP contribution in [-0.4, -0.2) is 6.23 Å². The van der Waals surface area contributed by atoms with Crippen molar-refractivity contribution in [1.82, 2.24) is 0 Å². The highest BCUT2D eigenvalue weighted by Crippen LogP contribution is 2.35. The van der Waals surface area contributed by atoms with Gasteiger partial charge in [0.2, 0.25) is 0 Å². The smallest absolute Gasteiger partial charge is 0.170 e. The van der Waals surface area contributed by atoms with Gasteiger partial charge in [0.05, 0.1) is 5.69 Å². The van der Waals surface area contributed by atoms with Crippen LogP contribution >= 0.6 is 15.9 Å². The molecule has 2 aromatic rings. The fourth-order valence-corrected chi connectivity index (χ4v) is 2.48. The van der Waals surface area contributed by atoms with Crippen LogP contribution < -0.4 is 10.1 Å². The van der Waals surface area contributed by atoms with Crippen LogP contribution in [0.5, 0.6) is 5.75 Å². The van der Waals surface area contributed by atoms with Crippen molar-refractivity contribution < 1.29 is 4.74 Å². The van der Waals surface area contributed by atoms with Crippen LogP contribution in [0.3, 0.4) is 0 Å². The highest BCUT2D eigenvalue weighted by molar-refractivity contribution is 9.10. The minimum Gasteiger partial charge on any atom is -0.469 e. The number of benzene rings is 2. The fraction of sp³-hybridized carbons (Fsp3) is 0.200. The number of aryl methyl sites for hydroxylation is 1. The van der Waals surface area contributed by atoms with Crippen molar-refractivity contribution in [3.63, 3.8) is 0 Å². The molecule has 0 bridgehead atoms. The van der Waals surface area contributed by atoms with Crippen LogP contribution in [0.2, 0.25) is 0 Å². The van der Waals surface area contributed by atoms with Crippen LogP contribution in [0, 0.1) is 0 Å². The van der Waals surface area contributed by atoms with Crippen molar-refractivity contribution in [3.8, 4) is 5.75 Å². The largest absolute Gasteiger partial charge is 0.469 e. The molecule has 1 atom stereocenters. The molecule has 0 saturated heterocycles. The summed E-state index contributed by atoms with van der Waals surface area (Å²) in [5.41, 5.74) is 2.43. The molecule has 92 valence electrons. The quantitative estimate of drug-likeness (QED) is 0.917. The molecule has 0 spiro atoms. The highest BCUT2D eigenvalue weighted by Gasteiger charge is 2.21. The van der Waals surface area contributed by atoms with Gasteiger partial charge in [0.1, 0.15) is 5.75 Å². The summed E-state index contributed by atoms with van der Waals surface area (Å²) in [4.78, 5) is 0. The van der Waals surface area contributed by atoms with Crippen LogP contribution in [0.15, 0.2) is 53.0 Å². The van der Waals surface area contributed by atoms with Gasteiger partial charge >= 0.3 is 0 Å². The Morgan fingerprint density at radius 1 is 1.11 bits per heavy atom. The van der Waals surface area contributed by atoms with Crippen molar-refractivity contribution in [1.29, 1.82) is 0 Å². The normalized spacial score (nSPS) is 16.8. The number of hydrogen-bond donors (Lipinski definition) is 1. The molecule has 3 rings (SSSR count). The summed E-state index contributed by atoms with van der Waals surface area (Å²) in [6, 6.07) is 16.6. The molecule has 0 aromatic heterocycles. The molecule has 1 N–H and O–H groups in total. The molecule has 0 fully saturated rings. The second-order valence-corrected chi connectivity index (χ2v) is 5.33. The molecule has 1 aliphatic rings. The van der Waals surface area contributed by atoms with Crippen molar-refractivity contribution in [3.05, 3.63) is 58.6 Å². The maximum atomic E-state index is 5.87. The zero-order valence-electron chi connectivity index (χ0n) is 9.90. The lowest BCUT2D eigenvalue weighted by atomic mass is 10.1. The second-order valence-electron chi connectivity index (χ2n) is 4.42. The Morgan fingerprint density at radius 3 is 2.78 bits per heavy atom. The van der Waals surface area contributed by atoms with Gasteiger partial charge in [-0.1, -0.05) is 46.3 Å². The van der Waals surface area contributed by atoms with Gasteiger partial charge in [0.25, 0.3) is 0 Å². The van der Waals surface area contributed by atoms with Crippen LogP contribution in [-0.2, 0) is 6.42 Å². The van der Waals surface area contributed by atoms with Crippen molar-refractivity contribution in [2.75, 3.05) is 5.32 Å². The topological polar surface area (TPSA) is 21.3 Å². The Balaban J connectivity index is 1.61. The van der Waals surface area contributed by atoms with Gasteiger partial charge in [-0.15, -0.1) is 0 Å². The SMILES string of the molecule is Brc1ccc2c(c1)OC(CCc1ccccc1)N2. The first-order valence-corrected chi connectivity index (χ1v) is 6.87. The fourth-order valence-electron chi connectivity index (χ4n) is 2.14. The molecule has 2 nitrogen and oxygen atoms in total. The molecular weight excluding hydrogens is 290 g/mol. The molecular formula is C15H14BrNO. The molecule has 1 heterocycles. The number of rotatable bonds is 3. The van der Waals surface area contributed by atoms with Crippen LogP contribution in [0.25, 0.3) is 0 Å². The summed E-state index contributed by atoms with van der Waals surface area (Å²) in [7, 11) is 0. The van der Waals surface area contributed by atoms with E-state index in [-0.39, 0.29) is 6.23 Å². The molecule has 0 saturated carbocycles. The zero-order chi connectivity index (χ0) is 12.4. The Labute approximate surface area is 115 Å². The zero-order valence-corrected chi connectivity index (χ0v) is 11.5. The lowest BCUT2D eigenvalue weighted by Gasteiger charge is -2.10. The third-order valence-corrected chi connectivity index (χ3v) is 3.56. The predicted octanol–water partition coefficient (Wildman–Crippen LogP) is 4.21. The monoisotopic (exact) mass is 303 g/mol. The summed E-state index contributed by atoms with van der Waals surface area (Å²) in [5, 5.41) is 3.39. The van der Waals surface area contributed by atoms with Gasteiger partial charge in [0, 0.05) is 10.9 Å². The van der Waals surface area contributed by atoms with Crippen molar-refractivity contribution >= 4 is 21.6 Å². The molecule has 0 aliphatic carbocycles. The van der Waals surface area contributed by atoms with E-state index in [1.165, 1.54) is 5.56 Å². The number of ether oxygens (including phenoxy) is 1. The number of fused-ring (bicyclic) bond motifs is 1. The molecule has 0 radical (unpaired) electrons. The minimum absolute atomic E-state index is 0.0782. The second kappa shape index (κ2) is 5.02. The first kappa shape index (κ1) is 11.6. The van der Waals surface area contributed by atoms with Gasteiger partial charge in [0.15, 0.2) is 6.23 Å². The number of nitrogens with one attached hydrogen (secondary N) is 1. The Kier molecular flexibility index (Phi) is 3.24. The lowest BCUT2D eigenvalue weighted by molar-refractivity contribution is 0.242. The third kappa shape index (κ3) is 2.51. The van der Waals surface area contributed by atoms with E-state index in [0.717, 1.165) is 28.8 Å². The maximum absolute atomic E-state index is 5.87. The predicted molar refractivity (Wildman–Crippen MR) is 76.9 cm³/mol. The molecule has 18 heavy (non-hydrogen) atoms. The average molecular weight is 304 g/mol. The van der Waals surface area contributed by atoms with Gasteiger partial charge in [-0.25, -0.2) is 0 Å². The first-order chi connectivity index (χ1) is 8.81. The van der Waals surface area contributed by atoms with Gasteiger partial charge in [-0.3, -0.25) is 0 Å². The van der Waals surface area contributed by atoms with E-state index in [0.29, 0.717) is 0 Å². The molecule has 2 aromatic carbocycles. The van der Waals surface area contributed by atoms with E-state index >= 15 is 0 Å². The Bertz CT molecular complexity index is 541. The highest BCUT2D eigenvalue weighted by atomic mass is 79.9. The minimum atomic E-state index is 0.0782. The van der Waals surface area contributed by atoms with E-state index in [9.17, 15) is 0 Å². The van der Waals surface area contributed by atoms with Gasteiger partial charge < -0.3 is 10.1 Å². The molecule has 1 aliphatic heterocycles. The van der Waals surface area contributed by atoms with E-state index in [2.05, 4.69) is 45.5 Å². The number of anilines is 1. The van der Waals surface area contributed by atoms with E-state index in [1.807, 2.05) is 24.3 Å². The summed E-state index contributed by atoms with van der Waals surface area (Å²) in [6.45, 7) is 0. The molecule has 3 heteroatoms. The van der Waals surface area contributed by atoms with Crippen molar-refractivity contribution in [2.45, 2.75) is 19.1 Å². The van der Waals surface area contributed by atoms with E-state index in [1.54, 1.807) is 0 Å². The van der Waals surface area contributed by atoms with E-state index < -0.39 is 0 Å². The standard InChI is InChI=1S/C15H14BrNO/c16-12-7-8-13-14(10-12)18-15(17-13)9-6-11-4-2-1-3-5-11/h1-5,7-8,10,15,17H,6,9H2. The molecule has 1 unspecified atom stereocenters. The lowest BCUT2D eigenvalue weighted by Crippen LogP contribution is -2.20. The summed E-state index contributed by atoms with van der Waals surface area (Å²) in [5.74, 6) is 0.933.